The van der Waals surface area contributed by atoms with Crippen LogP contribution in [-0.4, -0.2) is 83.8 Å². The molecule has 5 atom stereocenters. The van der Waals surface area contributed by atoms with Crippen molar-refractivity contribution >= 4 is 17.4 Å². The van der Waals surface area contributed by atoms with E-state index in [0.29, 0.717) is 57.0 Å². The number of anilines is 2. The Labute approximate surface area is 260 Å². The summed E-state index contributed by atoms with van der Waals surface area (Å²) in [6, 6.07) is 0.731. The number of likely N-dealkylation sites (N-methyl/N-ethyl adjacent to an activating group) is 1. The smallest absolute Gasteiger partial charge is 0.417 e. The molecule has 45 heavy (non-hydrogen) atoms. The lowest BCUT2D eigenvalue weighted by atomic mass is 9.71. The molecule has 246 valence electrons. The number of amides is 1. The Morgan fingerprint density at radius 1 is 1.22 bits per heavy atom. The number of nitrogen functional groups attached to an aromatic ring is 1. The number of likely N-dealkylation sites (tertiary alicyclic amines) is 1. The summed E-state index contributed by atoms with van der Waals surface area (Å²) in [7, 11) is 1.81. The number of benzene rings is 1. The van der Waals surface area contributed by atoms with Crippen LogP contribution in [-0.2, 0) is 23.8 Å². The number of nitrogens with two attached hydrogens (primary N) is 1. The van der Waals surface area contributed by atoms with Gasteiger partial charge in [-0.25, -0.2) is 8.78 Å². The van der Waals surface area contributed by atoms with Gasteiger partial charge in [-0.3, -0.25) is 9.69 Å². The molecule has 1 aromatic carbocycles. The third kappa shape index (κ3) is 6.45. The third-order valence-corrected chi connectivity index (χ3v) is 9.63. The molecule has 3 heterocycles. The summed E-state index contributed by atoms with van der Waals surface area (Å²) < 4.78 is 79.0. The second-order valence-electron chi connectivity index (χ2n) is 12.6. The molecular formula is C32H41F5N6O2. The van der Waals surface area contributed by atoms with E-state index in [-0.39, 0.29) is 54.2 Å². The van der Waals surface area contributed by atoms with Gasteiger partial charge >= 0.3 is 12.2 Å². The van der Waals surface area contributed by atoms with Gasteiger partial charge in [0.25, 0.3) is 0 Å². The first kappa shape index (κ1) is 32.9. The van der Waals surface area contributed by atoms with Gasteiger partial charge in [-0.1, -0.05) is 19.9 Å². The lowest BCUT2D eigenvalue weighted by molar-refractivity contribution is -0.139. The standard InChI is InChI=1S/C32H41F5N6O2/c1-6-19-11-23-25(13-22(19)27-28(32(35,36)37)17(3)10-24(38)29(27)34)39-31(45-16-21-12-20(33)15-41(21)5)40-30(23)43-9-8-42(14-18(43)4)26(44)7-2/h7,10,18-22H,2,6,8-9,11-16,38H2,1,3-5H3/t18-,19+,20+,21-,22+/m0/s1. The number of piperazine rings is 1. The Kier molecular flexibility index (Phi) is 9.30. The maximum atomic E-state index is 15.7. The first-order chi connectivity index (χ1) is 21.2. The number of nitrogens with zero attached hydrogens (tertiary/aromatic N) is 5. The van der Waals surface area contributed by atoms with Gasteiger partial charge < -0.3 is 20.3 Å². The van der Waals surface area contributed by atoms with Gasteiger partial charge in [0, 0.05) is 49.4 Å². The minimum absolute atomic E-state index is 0.0296. The van der Waals surface area contributed by atoms with Crippen molar-refractivity contribution in [1.29, 1.82) is 0 Å². The molecule has 8 nitrogen and oxygen atoms in total. The highest BCUT2D eigenvalue weighted by Crippen LogP contribution is 2.48. The van der Waals surface area contributed by atoms with Crippen molar-refractivity contribution in [2.75, 3.05) is 50.5 Å². The second-order valence-corrected chi connectivity index (χ2v) is 12.6. The summed E-state index contributed by atoms with van der Waals surface area (Å²) in [5, 5.41) is 0. The highest BCUT2D eigenvalue weighted by atomic mass is 19.4. The van der Waals surface area contributed by atoms with Gasteiger partial charge in [-0.15, -0.1) is 0 Å². The van der Waals surface area contributed by atoms with Crippen molar-refractivity contribution < 1.29 is 31.5 Å². The predicted octanol–water partition coefficient (Wildman–Crippen LogP) is 5.08. The van der Waals surface area contributed by atoms with E-state index in [9.17, 15) is 22.4 Å². The number of aromatic nitrogens is 2. The summed E-state index contributed by atoms with van der Waals surface area (Å²) >= 11 is 0. The topological polar surface area (TPSA) is 87.8 Å². The Morgan fingerprint density at radius 3 is 2.56 bits per heavy atom. The molecule has 2 N–H and O–H groups in total. The van der Waals surface area contributed by atoms with Gasteiger partial charge in [0.05, 0.1) is 16.9 Å². The Hall–Kier alpha value is -3.48. The van der Waals surface area contributed by atoms with Gasteiger partial charge in [-0.05, 0) is 69.7 Å². The highest BCUT2D eigenvalue weighted by molar-refractivity contribution is 5.87. The van der Waals surface area contributed by atoms with Crippen LogP contribution in [0.2, 0.25) is 0 Å². The van der Waals surface area contributed by atoms with Crippen molar-refractivity contribution in [3.63, 3.8) is 0 Å². The third-order valence-electron chi connectivity index (χ3n) is 9.63. The van der Waals surface area contributed by atoms with E-state index in [4.69, 9.17) is 15.5 Å². The molecule has 2 saturated heterocycles. The Balaban J connectivity index is 1.58. The average molecular weight is 637 g/mol. The lowest BCUT2D eigenvalue weighted by Gasteiger charge is -2.42. The second kappa shape index (κ2) is 12.7. The van der Waals surface area contributed by atoms with Crippen LogP contribution in [0.15, 0.2) is 18.7 Å². The van der Waals surface area contributed by atoms with Crippen LogP contribution in [0.4, 0.5) is 33.5 Å². The number of halogens is 5. The SMILES string of the molecule is C=CC(=O)N1CCN(c2nc(OC[C@@H]3C[C@@H](F)CN3C)nc3c2C[C@@H](CC)[C@H](c2c(F)c(N)cc(C)c2C(F)(F)F)C3)[C@@H](C)C1. The quantitative estimate of drug-likeness (QED) is 0.258. The van der Waals surface area contributed by atoms with E-state index in [1.807, 2.05) is 25.8 Å². The fourth-order valence-corrected chi connectivity index (χ4v) is 7.27. The molecule has 0 spiro atoms. The van der Waals surface area contributed by atoms with Gasteiger partial charge in [0.15, 0.2) is 0 Å². The molecule has 1 amide bonds. The summed E-state index contributed by atoms with van der Waals surface area (Å²) in [5.74, 6) is -1.82. The van der Waals surface area contributed by atoms with E-state index in [2.05, 4.69) is 16.5 Å². The summed E-state index contributed by atoms with van der Waals surface area (Å²) in [6.45, 7) is 10.5. The van der Waals surface area contributed by atoms with Crippen molar-refractivity contribution in [3.05, 3.63) is 52.5 Å². The summed E-state index contributed by atoms with van der Waals surface area (Å²) in [6.07, 6.45) is -3.32. The van der Waals surface area contributed by atoms with E-state index in [1.54, 1.807) is 4.90 Å². The molecule has 3 aliphatic rings. The number of ether oxygens (including phenoxy) is 1. The fraction of sp³-hybridized carbons (Fsp3) is 0.594. The van der Waals surface area contributed by atoms with E-state index in [0.717, 1.165) is 11.6 Å². The van der Waals surface area contributed by atoms with Crippen LogP contribution in [0.1, 0.15) is 60.6 Å². The minimum atomic E-state index is -4.78. The molecule has 0 saturated carbocycles. The Morgan fingerprint density at radius 2 is 1.96 bits per heavy atom. The van der Waals surface area contributed by atoms with Crippen molar-refractivity contribution in [1.82, 2.24) is 19.8 Å². The van der Waals surface area contributed by atoms with E-state index in [1.165, 1.54) is 13.0 Å². The van der Waals surface area contributed by atoms with E-state index < -0.39 is 35.2 Å². The van der Waals surface area contributed by atoms with Crippen molar-refractivity contribution in [2.24, 2.45) is 5.92 Å². The molecule has 2 fully saturated rings. The number of aryl methyl sites for hydroxylation is 1. The largest absolute Gasteiger partial charge is 0.462 e. The normalized spacial score (nSPS) is 25.8. The zero-order valence-electron chi connectivity index (χ0n) is 26.1. The Bertz CT molecular complexity index is 1450. The minimum Gasteiger partial charge on any atom is -0.462 e. The number of rotatable bonds is 7. The molecule has 5 rings (SSSR count). The molecule has 2 aliphatic heterocycles. The molecule has 13 heteroatoms. The molecule has 2 aromatic rings. The molecule has 0 unspecified atom stereocenters. The zero-order chi connectivity index (χ0) is 32.8. The number of hydrogen-bond acceptors (Lipinski definition) is 7. The number of alkyl halides is 4. The fourth-order valence-electron chi connectivity index (χ4n) is 7.27. The van der Waals surface area contributed by atoms with Crippen LogP contribution in [0.5, 0.6) is 6.01 Å². The van der Waals surface area contributed by atoms with Crippen molar-refractivity contribution in [2.45, 2.75) is 76.8 Å². The summed E-state index contributed by atoms with van der Waals surface area (Å²) in [5.41, 5.74) is 5.28. The van der Waals surface area contributed by atoms with Crippen LogP contribution >= 0.6 is 0 Å². The van der Waals surface area contributed by atoms with Crippen LogP contribution in [0, 0.1) is 18.7 Å². The van der Waals surface area contributed by atoms with Crippen LogP contribution < -0.4 is 15.4 Å². The van der Waals surface area contributed by atoms with Gasteiger partial charge in [0.1, 0.15) is 24.4 Å². The maximum Gasteiger partial charge on any atom is 0.417 e. The van der Waals surface area contributed by atoms with Gasteiger partial charge in [-0.2, -0.15) is 23.1 Å². The van der Waals surface area contributed by atoms with E-state index >= 15 is 4.39 Å². The maximum absolute atomic E-state index is 15.7. The number of carbonyl (C=O) groups is 1. The number of hydrogen-bond donors (Lipinski definition) is 1. The average Bonchev–Trinajstić information content (AvgIpc) is 3.31. The monoisotopic (exact) mass is 636 g/mol. The molecular weight excluding hydrogens is 595 g/mol. The first-order valence-corrected chi connectivity index (χ1v) is 15.4. The van der Waals surface area contributed by atoms with Crippen molar-refractivity contribution in [3.8, 4) is 6.01 Å². The predicted molar refractivity (Wildman–Crippen MR) is 162 cm³/mol. The molecule has 1 aliphatic carbocycles. The number of fused-ring (bicyclic) bond motifs is 1. The van der Waals surface area contributed by atoms with Crippen LogP contribution in [0.25, 0.3) is 0 Å². The van der Waals surface area contributed by atoms with Crippen LogP contribution in [0.3, 0.4) is 0 Å². The molecule has 1 aromatic heterocycles. The van der Waals surface area contributed by atoms with Gasteiger partial charge in [0.2, 0.25) is 5.91 Å². The first-order valence-electron chi connectivity index (χ1n) is 15.4. The highest BCUT2D eigenvalue weighted by Gasteiger charge is 2.44. The molecule has 0 bridgehead atoms. The summed E-state index contributed by atoms with van der Waals surface area (Å²) in [4.78, 5) is 27.5. The zero-order valence-corrected chi connectivity index (χ0v) is 26.1. The molecule has 0 radical (unpaired) electrons. The lowest BCUT2D eigenvalue weighted by Crippen LogP contribution is -2.54. The number of carbonyl (C=O) groups excluding carboxylic acids is 1.